The van der Waals surface area contributed by atoms with Crippen molar-refractivity contribution in [2.75, 3.05) is 19.0 Å². The standard InChI is InChI=1S/C17H16N2O4/c1-22-15(20)10-23-12-6-4-5-11(9-12)16-18-14-8-3-2-7-13(14)17(21)19-16/h2-9,16,18H,10H2,1H3,(H,19,21)/t16-/m1/s1. The Labute approximate surface area is 133 Å². The first-order valence-electron chi connectivity index (χ1n) is 7.13. The third kappa shape index (κ3) is 3.26. The van der Waals surface area contributed by atoms with E-state index in [0.29, 0.717) is 11.3 Å². The Hall–Kier alpha value is -3.02. The van der Waals surface area contributed by atoms with Crippen molar-refractivity contribution >= 4 is 17.6 Å². The molecule has 0 saturated heterocycles. The minimum atomic E-state index is -0.451. The molecule has 0 spiro atoms. The summed E-state index contributed by atoms with van der Waals surface area (Å²) in [6, 6.07) is 14.5. The molecule has 2 aromatic rings. The Morgan fingerprint density at radius 1 is 1.13 bits per heavy atom. The molecule has 0 fully saturated rings. The second-order valence-corrected chi connectivity index (χ2v) is 5.03. The van der Waals surface area contributed by atoms with Gasteiger partial charge in [-0.05, 0) is 29.8 Å². The maximum atomic E-state index is 12.2. The summed E-state index contributed by atoms with van der Waals surface area (Å²) in [5.41, 5.74) is 2.22. The van der Waals surface area contributed by atoms with E-state index in [1.54, 1.807) is 24.3 Å². The van der Waals surface area contributed by atoms with Crippen LogP contribution >= 0.6 is 0 Å². The summed E-state index contributed by atoms with van der Waals surface area (Å²) in [7, 11) is 1.31. The predicted molar refractivity (Wildman–Crippen MR) is 84.2 cm³/mol. The zero-order valence-corrected chi connectivity index (χ0v) is 12.5. The van der Waals surface area contributed by atoms with Crippen LogP contribution in [0.3, 0.4) is 0 Å². The second kappa shape index (κ2) is 6.39. The fraction of sp³-hybridized carbons (Fsp3) is 0.176. The van der Waals surface area contributed by atoms with Gasteiger partial charge in [-0.2, -0.15) is 0 Å². The number of fused-ring (bicyclic) bond motifs is 1. The van der Waals surface area contributed by atoms with E-state index in [1.165, 1.54) is 7.11 Å². The summed E-state index contributed by atoms with van der Waals surface area (Å²) >= 11 is 0. The van der Waals surface area contributed by atoms with Gasteiger partial charge in [0.25, 0.3) is 5.91 Å². The van der Waals surface area contributed by atoms with Crippen molar-refractivity contribution in [3.63, 3.8) is 0 Å². The molecule has 1 aliphatic rings. The van der Waals surface area contributed by atoms with Crippen LogP contribution < -0.4 is 15.4 Å². The van der Waals surface area contributed by atoms with Gasteiger partial charge in [0.1, 0.15) is 11.9 Å². The molecule has 118 valence electrons. The maximum Gasteiger partial charge on any atom is 0.343 e. The third-order valence-corrected chi connectivity index (χ3v) is 3.52. The number of methoxy groups -OCH3 is 1. The van der Waals surface area contributed by atoms with Crippen LogP contribution in [0.15, 0.2) is 48.5 Å². The summed E-state index contributed by atoms with van der Waals surface area (Å²) in [5.74, 6) is -0.0542. The second-order valence-electron chi connectivity index (χ2n) is 5.03. The van der Waals surface area contributed by atoms with E-state index in [2.05, 4.69) is 15.4 Å². The van der Waals surface area contributed by atoms with Gasteiger partial charge in [0.2, 0.25) is 0 Å². The molecule has 1 amide bonds. The highest BCUT2D eigenvalue weighted by Crippen LogP contribution is 2.27. The van der Waals surface area contributed by atoms with Crippen molar-refractivity contribution in [1.82, 2.24) is 5.32 Å². The monoisotopic (exact) mass is 312 g/mol. The number of nitrogens with one attached hydrogen (secondary N) is 2. The summed E-state index contributed by atoms with van der Waals surface area (Å²) in [6.07, 6.45) is -0.362. The highest BCUT2D eigenvalue weighted by atomic mass is 16.6. The van der Waals surface area contributed by atoms with Gasteiger partial charge < -0.3 is 20.1 Å². The van der Waals surface area contributed by atoms with Crippen LogP contribution in [0.1, 0.15) is 22.1 Å². The fourth-order valence-electron chi connectivity index (χ4n) is 2.36. The Balaban J connectivity index is 1.78. The lowest BCUT2D eigenvalue weighted by Crippen LogP contribution is -2.38. The van der Waals surface area contributed by atoms with Gasteiger partial charge in [0, 0.05) is 5.69 Å². The number of rotatable bonds is 4. The van der Waals surface area contributed by atoms with Gasteiger partial charge in [-0.1, -0.05) is 24.3 Å². The molecule has 23 heavy (non-hydrogen) atoms. The van der Waals surface area contributed by atoms with Crippen LogP contribution in [0.25, 0.3) is 0 Å². The van der Waals surface area contributed by atoms with Gasteiger partial charge in [0.15, 0.2) is 6.61 Å². The van der Waals surface area contributed by atoms with Crippen LogP contribution in [-0.4, -0.2) is 25.6 Å². The van der Waals surface area contributed by atoms with E-state index in [-0.39, 0.29) is 18.7 Å². The Morgan fingerprint density at radius 2 is 1.96 bits per heavy atom. The molecule has 6 heteroatoms. The molecule has 3 rings (SSSR count). The molecule has 0 aromatic heterocycles. The molecule has 1 aliphatic heterocycles. The summed E-state index contributed by atoms with van der Waals surface area (Å²) < 4.78 is 9.91. The first-order valence-corrected chi connectivity index (χ1v) is 7.13. The molecular weight excluding hydrogens is 296 g/mol. The van der Waals surface area contributed by atoms with Crippen LogP contribution in [0.4, 0.5) is 5.69 Å². The third-order valence-electron chi connectivity index (χ3n) is 3.52. The number of benzene rings is 2. The fourth-order valence-corrected chi connectivity index (χ4v) is 2.36. The largest absolute Gasteiger partial charge is 0.482 e. The van der Waals surface area contributed by atoms with Crippen molar-refractivity contribution in [3.8, 4) is 5.75 Å². The topological polar surface area (TPSA) is 76.7 Å². The molecule has 2 N–H and O–H groups in total. The molecule has 0 unspecified atom stereocenters. The van der Waals surface area contributed by atoms with Gasteiger partial charge in [-0.15, -0.1) is 0 Å². The van der Waals surface area contributed by atoms with Crippen molar-refractivity contribution in [2.45, 2.75) is 6.17 Å². The minimum absolute atomic E-state index is 0.134. The number of ether oxygens (including phenoxy) is 2. The average molecular weight is 312 g/mol. The zero-order chi connectivity index (χ0) is 16.2. The molecule has 1 atom stereocenters. The van der Waals surface area contributed by atoms with Gasteiger partial charge in [-0.25, -0.2) is 4.79 Å². The van der Waals surface area contributed by atoms with Gasteiger partial charge >= 0.3 is 5.97 Å². The Bertz CT molecular complexity index is 745. The first kappa shape index (κ1) is 14.9. The first-order chi connectivity index (χ1) is 11.2. The lowest BCUT2D eigenvalue weighted by molar-refractivity contribution is -0.142. The highest BCUT2D eigenvalue weighted by molar-refractivity contribution is 6.01. The smallest absolute Gasteiger partial charge is 0.343 e. The number of carbonyl (C=O) groups excluding carboxylic acids is 2. The summed E-state index contributed by atoms with van der Waals surface area (Å²) in [5, 5.41) is 6.16. The molecule has 6 nitrogen and oxygen atoms in total. The number of carbonyl (C=O) groups is 2. The number of para-hydroxylation sites is 1. The molecule has 0 bridgehead atoms. The van der Waals surface area contributed by atoms with Gasteiger partial charge in [-0.3, -0.25) is 4.79 Å². The number of hydrogen-bond donors (Lipinski definition) is 2. The SMILES string of the molecule is COC(=O)COc1cccc([C@H]2NC(=O)c3ccccc3N2)c1. The van der Waals surface area contributed by atoms with Crippen LogP contribution in [0.2, 0.25) is 0 Å². The lowest BCUT2D eigenvalue weighted by atomic mass is 10.1. The predicted octanol–water partition coefficient (Wildman–Crippen LogP) is 2.09. The summed E-state index contributed by atoms with van der Waals surface area (Å²) in [6.45, 7) is -0.159. The van der Waals surface area contributed by atoms with Gasteiger partial charge in [0.05, 0.1) is 12.7 Å². The van der Waals surface area contributed by atoms with Crippen molar-refractivity contribution in [1.29, 1.82) is 0 Å². The molecule has 0 aliphatic carbocycles. The van der Waals surface area contributed by atoms with Crippen LogP contribution in [0.5, 0.6) is 5.75 Å². The Morgan fingerprint density at radius 3 is 2.78 bits per heavy atom. The van der Waals surface area contributed by atoms with Crippen LogP contribution in [-0.2, 0) is 9.53 Å². The number of amides is 1. The molecular formula is C17H16N2O4. The van der Waals surface area contributed by atoms with Crippen molar-refractivity contribution in [2.24, 2.45) is 0 Å². The minimum Gasteiger partial charge on any atom is -0.482 e. The molecule has 2 aromatic carbocycles. The van der Waals surface area contributed by atoms with E-state index in [9.17, 15) is 9.59 Å². The van der Waals surface area contributed by atoms with E-state index in [1.807, 2.05) is 24.3 Å². The zero-order valence-electron chi connectivity index (χ0n) is 12.5. The van der Waals surface area contributed by atoms with Crippen molar-refractivity contribution in [3.05, 3.63) is 59.7 Å². The summed E-state index contributed by atoms with van der Waals surface area (Å²) in [4.78, 5) is 23.3. The highest BCUT2D eigenvalue weighted by Gasteiger charge is 2.24. The average Bonchev–Trinajstić information content (AvgIpc) is 2.60. The number of hydrogen-bond acceptors (Lipinski definition) is 5. The molecule has 1 heterocycles. The molecule has 0 saturated carbocycles. The van der Waals surface area contributed by atoms with E-state index >= 15 is 0 Å². The quantitative estimate of drug-likeness (QED) is 0.846. The van der Waals surface area contributed by atoms with Crippen LogP contribution in [0, 0.1) is 0 Å². The van der Waals surface area contributed by atoms with E-state index < -0.39 is 5.97 Å². The number of esters is 1. The molecule has 0 radical (unpaired) electrons. The maximum absolute atomic E-state index is 12.2. The lowest BCUT2D eigenvalue weighted by Gasteiger charge is -2.28. The number of anilines is 1. The van der Waals surface area contributed by atoms with E-state index in [0.717, 1.165) is 11.3 Å². The van der Waals surface area contributed by atoms with E-state index in [4.69, 9.17) is 4.74 Å². The normalized spacial score (nSPS) is 15.9. The Kier molecular flexibility index (Phi) is 4.14. The van der Waals surface area contributed by atoms with Crippen molar-refractivity contribution < 1.29 is 19.1 Å².